The minimum Gasteiger partial charge on any atom is -0.507 e. The third kappa shape index (κ3) is 4.69. The SMILES string of the molecule is O=C1C(=O)N(c2nnc(SCc3ccccc3F)s2)C(c2cccc(Br)c2)C1=C(O)c1ccncc1. The third-order valence-corrected chi connectivity index (χ3v) is 8.07. The van der Waals surface area contributed by atoms with E-state index in [9.17, 15) is 19.1 Å². The van der Waals surface area contributed by atoms with E-state index in [0.717, 1.165) is 15.8 Å². The number of Topliss-reactive ketones (excluding diaryl/α,β-unsaturated/α-hetero) is 1. The van der Waals surface area contributed by atoms with E-state index in [4.69, 9.17) is 0 Å². The van der Waals surface area contributed by atoms with Gasteiger partial charge in [0.2, 0.25) is 5.13 Å². The molecule has 1 saturated heterocycles. The highest BCUT2D eigenvalue weighted by Crippen LogP contribution is 2.44. The van der Waals surface area contributed by atoms with Crippen molar-refractivity contribution in [1.82, 2.24) is 15.2 Å². The highest BCUT2D eigenvalue weighted by Gasteiger charge is 2.48. The van der Waals surface area contributed by atoms with Gasteiger partial charge in [-0.05, 0) is 41.5 Å². The summed E-state index contributed by atoms with van der Waals surface area (Å²) >= 11 is 5.83. The van der Waals surface area contributed by atoms with E-state index in [0.29, 0.717) is 26.8 Å². The number of hydrogen-bond donors (Lipinski definition) is 1. The number of aliphatic hydroxyl groups is 1. The van der Waals surface area contributed by atoms with Crippen LogP contribution >= 0.6 is 39.0 Å². The molecule has 5 rings (SSSR count). The summed E-state index contributed by atoms with van der Waals surface area (Å²) in [6.45, 7) is 0. The van der Waals surface area contributed by atoms with E-state index >= 15 is 0 Å². The second kappa shape index (κ2) is 10.3. The van der Waals surface area contributed by atoms with E-state index in [1.807, 2.05) is 6.07 Å². The van der Waals surface area contributed by atoms with Crippen molar-refractivity contribution < 1.29 is 19.1 Å². The van der Waals surface area contributed by atoms with E-state index < -0.39 is 17.7 Å². The number of aliphatic hydroxyl groups excluding tert-OH is 1. The van der Waals surface area contributed by atoms with Gasteiger partial charge in [0.1, 0.15) is 11.6 Å². The Bertz CT molecular complexity index is 1500. The molecule has 2 aromatic carbocycles. The average molecular weight is 583 g/mol. The van der Waals surface area contributed by atoms with Crippen molar-refractivity contribution in [1.29, 1.82) is 0 Å². The number of anilines is 1. The average Bonchev–Trinajstić information content (AvgIpc) is 3.46. The van der Waals surface area contributed by atoms with Crippen molar-refractivity contribution in [2.45, 2.75) is 16.1 Å². The van der Waals surface area contributed by atoms with Crippen molar-refractivity contribution in [2.24, 2.45) is 0 Å². The summed E-state index contributed by atoms with van der Waals surface area (Å²) in [7, 11) is 0. The van der Waals surface area contributed by atoms with Crippen LogP contribution < -0.4 is 4.90 Å². The zero-order valence-electron chi connectivity index (χ0n) is 18.3. The number of carbonyl (C=O) groups excluding carboxylic acids is 2. The standard InChI is InChI=1S/C25H16BrFN4O3S2/c26-17-6-3-5-15(12-17)20-19(21(32)14-8-10-28-11-9-14)22(33)23(34)31(20)24-29-30-25(36-24)35-13-16-4-1-2-7-18(16)27/h1-12,20,32H,13H2. The lowest BCUT2D eigenvalue weighted by atomic mass is 9.96. The molecule has 1 amide bonds. The predicted molar refractivity (Wildman–Crippen MR) is 139 cm³/mol. The number of halogens is 2. The van der Waals surface area contributed by atoms with Crippen LogP contribution in [-0.2, 0) is 15.3 Å². The molecule has 2 aromatic heterocycles. The molecule has 4 aromatic rings. The molecule has 0 bridgehead atoms. The van der Waals surface area contributed by atoms with E-state index in [1.54, 1.807) is 48.5 Å². The van der Waals surface area contributed by atoms with Gasteiger partial charge in [-0.2, -0.15) is 0 Å². The summed E-state index contributed by atoms with van der Waals surface area (Å²) in [6, 6.07) is 15.8. The van der Waals surface area contributed by atoms with Gasteiger partial charge in [-0.15, -0.1) is 10.2 Å². The van der Waals surface area contributed by atoms with Gasteiger partial charge in [0.25, 0.3) is 5.78 Å². The number of amides is 1. The van der Waals surface area contributed by atoms with Gasteiger partial charge in [-0.1, -0.05) is 69.4 Å². The monoisotopic (exact) mass is 582 g/mol. The second-order valence-corrected chi connectivity index (χ2v) is 10.8. The number of aromatic nitrogens is 3. The Hall–Kier alpha value is -3.41. The molecule has 1 N–H and O–H groups in total. The Labute approximate surface area is 221 Å². The lowest BCUT2D eigenvalue weighted by molar-refractivity contribution is -0.132. The van der Waals surface area contributed by atoms with Gasteiger partial charge >= 0.3 is 5.91 Å². The first-order valence-corrected chi connectivity index (χ1v) is 13.2. The molecule has 36 heavy (non-hydrogen) atoms. The number of hydrogen-bond acceptors (Lipinski definition) is 8. The molecule has 0 radical (unpaired) electrons. The van der Waals surface area contributed by atoms with Crippen LogP contribution in [0.1, 0.15) is 22.7 Å². The molecule has 0 aliphatic carbocycles. The predicted octanol–water partition coefficient (Wildman–Crippen LogP) is 5.75. The summed E-state index contributed by atoms with van der Waals surface area (Å²) < 4.78 is 15.2. The minimum atomic E-state index is -0.923. The van der Waals surface area contributed by atoms with Crippen LogP contribution in [0.15, 0.2) is 87.4 Å². The minimum absolute atomic E-state index is 0.0555. The van der Waals surface area contributed by atoms with Gasteiger partial charge in [-0.25, -0.2) is 4.39 Å². The van der Waals surface area contributed by atoms with Crippen LogP contribution in [0.5, 0.6) is 0 Å². The molecule has 180 valence electrons. The Morgan fingerprint density at radius 2 is 1.86 bits per heavy atom. The summed E-state index contributed by atoms with van der Waals surface area (Å²) in [5, 5.41) is 19.6. The van der Waals surface area contributed by atoms with Crippen molar-refractivity contribution in [2.75, 3.05) is 4.90 Å². The molecule has 1 unspecified atom stereocenters. The number of ketones is 1. The summed E-state index contributed by atoms with van der Waals surface area (Å²) in [5.74, 6) is -1.94. The molecule has 1 atom stereocenters. The molecular weight excluding hydrogens is 567 g/mol. The zero-order valence-corrected chi connectivity index (χ0v) is 21.6. The number of pyridine rings is 1. The van der Waals surface area contributed by atoms with Gasteiger partial charge in [0.05, 0.1) is 11.6 Å². The highest BCUT2D eigenvalue weighted by atomic mass is 79.9. The lowest BCUT2D eigenvalue weighted by Crippen LogP contribution is -2.29. The fraction of sp³-hybridized carbons (Fsp3) is 0.0800. The quantitative estimate of drug-likeness (QED) is 0.102. The Morgan fingerprint density at radius 1 is 1.08 bits per heavy atom. The van der Waals surface area contributed by atoms with Crippen LogP contribution in [0, 0.1) is 5.82 Å². The fourth-order valence-electron chi connectivity index (χ4n) is 3.80. The molecule has 1 aliphatic heterocycles. The third-order valence-electron chi connectivity index (χ3n) is 5.47. The second-order valence-electron chi connectivity index (χ2n) is 7.69. The molecular formula is C25H16BrFN4O3S2. The number of nitrogens with zero attached hydrogens (tertiary/aromatic N) is 4. The van der Waals surface area contributed by atoms with Crippen molar-refractivity contribution in [3.8, 4) is 0 Å². The highest BCUT2D eigenvalue weighted by molar-refractivity contribution is 9.10. The van der Waals surface area contributed by atoms with E-state index in [2.05, 4.69) is 31.1 Å². The molecule has 0 saturated carbocycles. The maximum absolute atomic E-state index is 14.0. The van der Waals surface area contributed by atoms with Crippen molar-refractivity contribution in [3.63, 3.8) is 0 Å². The first-order chi connectivity index (χ1) is 17.4. The summed E-state index contributed by atoms with van der Waals surface area (Å²) in [6.07, 6.45) is 2.98. The van der Waals surface area contributed by atoms with Gasteiger partial charge < -0.3 is 5.11 Å². The van der Waals surface area contributed by atoms with Crippen molar-refractivity contribution >= 4 is 61.6 Å². The zero-order chi connectivity index (χ0) is 25.2. The Morgan fingerprint density at radius 3 is 2.61 bits per heavy atom. The molecule has 1 fully saturated rings. The van der Waals surface area contributed by atoms with Crippen LogP contribution in [-0.4, -0.2) is 32.0 Å². The smallest absolute Gasteiger partial charge is 0.301 e. The number of benzene rings is 2. The maximum Gasteiger partial charge on any atom is 0.301 e. The molecule has 11 heteroatoms. The normalized spacial score (nSPS) is 17.1. The lowest BCUT2D eigenvalue weighted by Gasteiger charge is -2.22. The van der Waals surface area contributed by atoms with E-state index in [1.165, 1.54) is 35.1 Å². The van der Waals surface area contributed by atoms with Gasteiger partial charge in [0, 0.05) is 28.2 Å². The number of carbonyl (C=O) groups is 2. The van der Waals surface area contributed by atoms with Crippen LogP contribution in [0.4, 0.5) is 9.52 Å². The van der Waals surface area contributed by atoms with E-state index in [-0.39, 0.29) is 22.3 Å². The molecule has 0 spiro atoms. The first-order valence-electron chi connectivity index (χ1n) is 10.6. The maximum atomic E-state index is 14.0. The van der Waals surface area contributed by atoms with Crippen molar-refractivity contribution in [3.05, 3.63) is 106 Å². The topological polar surface area (TPSA) is 96.3 Å². The number of rotatable bonds is 6. The van der Waals surface area contributed by atoms with Gasteiger partial charge in [-0.3, -0.25) is 19.5 Å². The van der Waals surface area contributed by atoms with Crippen LogP contribution in [0.2, 0.25) is 0 Å². The Kier molecular flexibility index (Phi) is 6.95. The molecule has 1 aliphatic rings. The fourth-order valence-corrected chi connectivity index (χ4v) is 6.07. The summed E-state index contributed by atoms with van der Waals surface area (Å²) in [4.78, 5) is 31.6. The number of thioether (sulfide) groups is 1. The molecule has 3 heterocycles. The largest absolute Gasteiger partial charge is 0.507 e. The van der Waals surface area contributed by atoms with Crippen LogP contribution in [0.25, 0.3) is 5.76 Å². The van der Waals surface area contributed by atoms with Crippen LogP contribution in [0.3, 0.4) is 0 Å². The van der Waals surface area contributed by atoms with Gasteiger partial charge in [0.15, 0.2) is 4.34 Å². The summed E-state index contributed by atoms with van der Waals surface area (Å²) in [5.41, 5.74) is 1.43. The Balaban J connectivity index is 1.54. The molecule has 7 nitrogen and oxygen atoms in total. The first kappa shape index (κ1) is 24.3.